The Morgan fingerprint density at radius 1 is 1.55 bits per heavy atom. The number of hydrogen-bond acceptors (Lipinski definition) is 5. The Hall–Kier alpha value is -1.73. The van der Waals surface area contributed by atoms with Gasteiger partial charge in [-0.2, -0.15) is 5.10 Å². The topological polar surface area (TPSA) is 63.1 Å². The summed E-state index contributed by atoms with van der Waals surface area (Å²) in [6.07, 6.45) is 2.73. The fourth-order valence-electron chi connectivity index (χ4n) is 2.79. The summed E-state index contributed by atoms with van der Waals surface area (Å²) >= 11 is 1.43. The third kappa shape index (κ3) is 3.20. The van der Waals surface area contributed by atoms with Gasteiger partial charge in [-0.1, -0.05) is 0 Å². The molecule has 0 radical (unpaired) electrons. The van der Waals surface area contributed by atoms with Crippen LogP contribution in [0.3, 0.4) is 0 Å². The Morgan fingerprint density at radius 3 is 3.14 bits per heavy atom. The van der Waals surface area contributed by atoms with Gasteiger partial charge in [0.2, 0.25) is 0 Å². The van der Waals surface area contributed by atoms with Gasteiger partial charge < -0.3 is 5.32 Å². The number of carbonyl (C=O) groups excluding carboxylic acids is 1. The first-order chi connectivity index (χ1) is 10.6. The SMILES string of the molecule is CC(C)N1Cc2ccnn2C(CCNC(=O)c2cscn2)C1. The molecule has 0 fully saturated rings. The van der Waals surface area contributed by atoms with Gasteiger partial charge in [-0.15, -0.1) is 11.3 Å². The van der Waals surface area contributed by atoms with Crippen LogP contribution in [-0.4, -0.2) is 44.7 Å². The van der Waals surface area contributed by atoms with Gasteiger partial charge in [0, 0.05) is 37.3 Å². The molecule has 0 aromatic carbocycles. The maximum absolute atomic E-state index is 11.9. The first-order valence-electron chi connectivity index (χ1n) is 7.58. The van der Waals surface area contributed by atoms with Crippen LogP contribution in [0.2, 0.25) is 0 Å². The summed E-state index contributed by atoms with van der Waals surface area (Å²) < 4.78 is 2.11. The van der Waals surface area contributed by atoms with E-state index in [1.807, 2.05) is 6.20 Å². The highest BCUT2D eigenvalue weighted by Crippen LogP contribution is 2.24. The van der Waals surface area contributed by atoms with E-state index in [4.69, 9.17) is 0 Å². The van der Waals surface area contributed by atoms with Gasteiger partial charge in [-0.25, -0.2) is 4.98 Å². The van der Waals surface area contributed by atoms with E-state index in [-0.39, 0.29) is 5.91 Å². The number of aromatic nitrogens is 3. The predicted octanol–water partition coefficient (Wildman–Crippen LogP) is 1.92. The van der Waals surface area contributed by atoms with Crippen LogP contribution in [0, 0.1) is 0 Å². The Balaban J connectivity index is 1.59. The second-order valence-corrected chi connectivity index (χ2v) is 6.58. The molecule has 7 heteroatoms. The zero-order valence-electron chi connectivity index (χ0n) is 12.9. The van der Waals surface area contributed by atoms with Crippen LogP contribution in [-0.2, 0) is 6.54 Å². The molecule has 3 heterocycles. The minimum atomic E-state index is -0.0986. The van der Waals surface area contributed by atoms with E-state index in [1.165, 1.54) is 17.0 Å². The average molecular weight is 319 g/mol. The molecule has 1 atom stereocenters. The van der Waals surface area contributed by atoms with E-state index in [0.717, 1.165) is 19.5 Å². The lowest BCUT2D eigenvalue weighted by atomic mass is 10.1. The second kappa shape index (κ2) is 6.58. The summed E-state index contributed by atoms with van der Waals surface area (Å²) in [6, 6.07) is 2.89. The van der Waals surface area contributed by atoms with Crippen molar-refractivity contribution in [2.24, 2.45) is 0 Å². The molecule has 0 saturated carbocycles. The van der Waals surface area contributed by atoms with Crippen LogP contribution in [0.1, 0.15) is 42.5 Å². The molecular weight excluding hydrogens is 298 g/mol. The highest BCUT2D eigenvalue weighted by Gasteiger charge is 2.26. The number of fused-ring (bicyclic) bond motifs is 1. The molecule has 0 saturated heterocycles. The van der Waals surface area contributed by atoms with E-state index in [1.54, 1.807) is 10.9 Å². The molecule has 1 unspecified atom stereocenters. The minimum absolute atomic E-state index is 0.0986. The minimum Gasteiger partial charge on any atom is -0.351 e. The van der Waals surface area contributed by atoms with Crippen molar-refractivity contribution < 1.29 is 4.79 Å². The molecule has 1 aliphatic heterocycles. The molecule has 6 nitrogen and oxygen atoms in total. The van der Waals surface area contributed by atoms with E-state index >= 15 is 0 Å². The Bertz CT molecular complexity index is 622. The summed E-state index contributed by atoms with van der Waals surface area (Å²) in [5.41, 5.74) is 3.42. The zero-order chi connectivity index (χ0) is 15.5. The summed E-state index contributed by atoms with van der Waals surface area (Å²) in [4.78, 5) is 18.4. The van der Waals surface area contributed by atoms with E-state index in [0.29, 0.717) is 24.3 Å². The van der Waals surface area contributed by atoms with Crippen molar-refractivity contribution >= 4 is 17.2 Å². The average Bonchev–Trinajstić information content (AvgIpc) is 3.18. The quantitative estimate of drug-likeness (QED) is 0.914. The van der Waals surface area contributed by atoms with Crippen molar-refractivity contribution in [1.82, 2.24) is 25.0 Å². The normalized spacial score (nSPS) is 18.4. The zero-order valence-corrected chi connectivity index (χ0v) is 13.7. The van der Waals surface area contributed by atoms with Crippen LogP contribution < -0.4 is 5.32 Å². The molecule has 3 rings (SSSR count). The molecular formula is C15H21N5OS. The molecule has 118 valence electrons. The molecule has 0 bridgehead atoms. The number of hydrogen-bond donors (Lipinski definition) is 1. The van der Waals surface area contributed by atoms with Gasteiger partial charge in [-0.05, 0) is 26.3 Å². The standard InChI is InChI=1S/C15H21N5OS/c1-11(2)19-7-12(20-13(8-19)4-6-18-20)3-5-16-15(21)14-9-22-10-17-14/h4,6,9-12H,3,5,7-8H2,1-2H3,(H,16,21). The van der Waals surface area contributed by atoms with E-state index < -0.39 is 0 Å². The highest BCUT2D eigenvalue weighted by atomic mass is 32.1. The maximum Gasteiger partial charge on any atom is 0.270 e. The first-order valence-corrected chi connectivity index (χ1v) is 8.52. The van der Waals surface area contributed by atoms with Gasteiger partial charge in [0.25, 0.3) is 5.91 Å². The Morgan fingerprint density at radius 2 is 2.41 bits per heavy atom. The summed E-state index contributed by atoms with van der Waals surface area (Å²) in [5, 5.41) is 9.16. The lowest BCUT2D eigenvalue weighted by molar-refractivity contribution is 0.0939. The first kappa shape index (κ1) is 15.2. The fourth-order valence-corrected chi connectivity index (χ4v) is 3.32. The second-order valence-electron chi connectivity index (χ2n) is 5.86. The van der Waals surface area contributed by atoms with Crippen molar-refractivity contribution in [3.63, 3.8) is 0 Å². The van der Waals surface area contributed by atoms with Crippen LogP contribution in [0.15, 0.2) is 23.2 Å². The van der Waals surface area contributed by atoms with E-state index in [9.17, 15) is 4.79 Å². The molecule has 1 aliphatic rings. The Labute approximate surface area is 134 Å². The Kier molecular flexibility index (Phi) is 4.54. The van der Waals surface area contributed by atoms with Gasteiger partial charge in [0.15, 0.2) is 0 Å². The van der Waals surface area contributed by atoms with E-state index in [2.05, 4.69) is 44.9 Å². The summed E-state index contributed by atoms with van der Waals surface area (Å²) in [7, 11) is 0. The van der Waals surface area contributed by atoms with Crippen molar-refractivity contribution in [1.29, 1.82) is 0 Å². The largest absolute Gasteiger partial charge is 0.351 e. The number of nitrogens with zero attached hydrogens (tertiary/aromatic N) is 4. The third-order valence-corrected chi connectivity index (χ3v) is 4.65. The van der Waals surface area contributed by atoms with Crippen molar-refractivity contribution in [2.45, 2.75) is 38.9 Å². The van der Waals surface area contributed by atoms with Crippen molar-refractivity contribution in [3.8, 4) is 0 Å². The summed E-state index contributed by atoms with van der Waals surface area (Å²) in [6.45, 7) is 6.98. The lowest BCUT2D eigenvalue weighted by Gasteiger charge is -2.36. The monoisotopic (exact) mass is 319 g/mol. The fraction of sp³-hybridized carbons (Fsp3) is 0.533. The van der Waals surface area contributed by atoms with Crippen LogP contribution in [0.4, 0.5) is 0 Å². The highest BCUT2D eigenvalue weighted by molar-refractivity contribution is 7.07. The molecule has 0 spiro atoms. The molecule has 2 aromatic rings. The van der Waals surface area contributed by atoms with Crippen molar-refractivity contribution in [3.05, 3.63) is 34.5 Å². The molecule has 0 aliphatic carbocycles. The molecule has 1 amide bonds. The van der Waals surface area contributed by atoms with Gasteiger partial charge in [0.05, 0.1) is 17.2 Å². The lowest BCUT2D eigenvalue weighted by Crippen LogP contribution is -2.42. The molecule has 2 aromatic heterocycles. The van der Waals surface area contributed by atoms with Crippen LogP contribution in [0.25, 0.3) is 0 Å². The number of carbonyl (C=O) groups is 1. The van der Waals surface area contributed by atoms with Crippen LogP contribution in [0.5, 0.6) is 0 Å². The molecule has 22 heavy (non-hydrogen) atoms. The maximum atomic E-state index is 11.9. The van der Waals surface area contributed by atoms with Crippen LogP contribution >= 0.6 is 11.3 Å². The van der Waals surface area contributed by atoms with Gasteiger partial charge in [0.1, 0.15) is 5.69 Å². The number of nitrogens with one attached hydrogen (secondary N) is 1. The van der Waals surface area contributed by atoms with Gasteiger partial charge >= 0.3 is 0 Å². The third-order valence-electron chi connectivity index (χ3n) is 4.07. The number of rotatable bonds is 5. The smallest absolute Gasteiger partial charge is 0.270 e. The summed E-state index contributed by atoms with van der Waals surface area (Å²) in [5.74, 6) is -0.0986. The van der Waals surface area contributed by atoms with Crippen molar-refractivity contribution in [2.75, 3.05) is 13.1 Å². The number of amides is 1. The molecule has 1 N–H and O–H groups in total. The van der Waals surface area contributed by atoms with Gasteiger partial charge in [-0.3, -0.25) is 14.4 Å². The predicted molar refractivity (Wildman–Crippen MR) is 85.9 cm³/mol. The number of thiazole rings is 1.